The van der Waals surface area contributed by atoms with E-state index in [-0.39, 0.29) is 0 Å². The molecule has 3 heterocycles. The molecule has 0 spiro atoms. The summed E-state index contributed by atoms with van der Waals surface area (Å²) in [5.41, 5.74) is -0.262. The highest BCUT2D eigenvalue weighted by molar-refractivity contribution is 7.92. The predicted molar refractivity (Wildman–Crippen MR) is 93.9 cm³/mol. The Morgan fingerprint density at radius 2 is 1.44 bits per heavy atom. The van der Waals surface area contributed by atoms with Gasteiger partial charge in [0.1, 0.15) is 38.6 Å². The Labute approximate surface area is 154 Å². The van der Waals surface area contributed by atoms with Crippen LogP contribution in [0.15, 0.2) is 36.7 Å². The van der Waals surface area contributed by atoms with Gasteiger partial charge in [0, 0.05) is 12.1 Å². The van der Waals surface area contributed by atoms with Gasteiger partial charge in [0.2, 0.25) is 10.0 Å². The molecule has 0 bridgehead atoms. The lowest BCUT2D eigenvalue weighted by Gasteiger charge is -2.26. The summed E-state index contributed by atoms with van der Waals surface area (Å²) in [7, 11) is -3.33. The molecule has 1 saturated heterocycles. The minimum atomic E-state index is -4.36. The van der Waals surface area contributed by atoms with Crippen molar-refractivity contribution in [2.45, 2.75) is 6.18 Å². The van der Waals surface area contributed by atoms with Gasteiger partial charge in [0.05, 0.1) is 17.5 Å². The number of halogens is 3. The molecule has 0 radical (unpaired) electrons. The lowest BCUT2D eigenvalue weighted by molar-refractivity contribution is -0.368. The third-order valence-corrected chi connectivity index (χ3v) is 4.79. The van der Waals surface area contributed by atoms with Crippen LogP contribution in [0.5, 0.6) is 0 Å². The van der Waals surface area contributed by atoms with Crippen molar-refractivity contribution in [3.05, 3.63) is 42.2 Å². The molecule has 0 amide bonds. The molecule has 3 N–H and O–H groups in total. The first kappa shape index (κ1) is 19.2. The van der Waals surface area contributed by atoms with Gasteiger partial charge in [-0.2, -0.15) is 13.2 Å². The van der Waals surface area contributed by atoms with Crippen LogP contribution >= 0.6 is 0 Å². The van der Waals surface area contributed by atoms with Crippen molar-refractivity contribution in [3.8, 4) is 0 Å². The van der Waals surface area contributed by atoms with Crippen LogP contribution in [-0.2, 0) is 16.2 Å². The average molecular weight is 403 g/mol. The van der Waals surface area contributed by atoms with Gasteiger partial charge in [0.15, 0.2) is 0 Å². The number of nitrogens with zero attached hydrogens (tertiary/aromatic N) is 2. The molecule has 146 valence electrons. The van der Waals surface area contributed by atoms with Crippen LogP contribution in [0.4, 0.5) is 30.5 Å². The molecule has 2 aromatic rings. The Kier molecular flexibility index (Phi) is 5.13. The lowest BCUT2D eigenvalue weighted by atomic mass is 10.2. The fraction of sp³-hybridized carbons (Fsp3) is 0.375. The van der Waals surface area contributed by atoms with Gasteiger partial charge in [-0.1, -0.05) is 0 Å². The summed E-state index contributed by atoms with van der Waals surface area (Å²) < 4.78 is 62.8. The van der Waals surface area contributed by atoms with Gasteiger partial charge in [-0.3, -0.25) is 14.5 Å². The van der Waals surface area contributed by atoms with Gasteiger partial charge in [-0.25, -0.2) is 18.4 Å². The number of H-pyrrole nitrogens is 2. The second-order valence-corrected chi connectivity index (χ2v) is 8.02. The first-order chi connectivity index (χ1) is 12.6. The molecule has 1 aliphatic heterocycles. The summed E-state index contributed by atoms with van der Waals surface area (Å²) in [6, 6.07) is 5.96. The van der Waals surface area contributed by atoms with E-state index in [4.69, 9.17) is 0 Å². The van der Waals surface area contributed by atoms with E-state index in [2.05, 4.69) is 19.6 Å². The topological polar surface area (TPSA) is 80.9 Å². The van der Waals surface area contributed by atoms with E-state index in [1.165, 1.54) is 6.07 Å². The zero-order chi connectivity index (χ0) is 19.7. The first-order valence-electron chi connectivity index (χ1n) is 8.20. The zero-order valence-electron chi connectivity index (χ0n) is 14.5. The minimum absolute atomic E-state index is 0.444. The molecule has 27 heavy (non-hydrogen) atoms. The van der Waals surface area contributed by atoms with Crippen LogP contribution in [0.25, 0.3) is 0 Å². The van der Waals surface area contributed by atoms with Crippen LogP contribution in [-0.4, -0.2) is 40.9 Å². The molecule has 11 heteroatoms. The summed E-state index contributed by atoms with van der Waals surface area (Å²) in [6.45, 7) is 2.62. The molecule has 0 aromatic carbocycles. The third kappa shape index (κ3) is 5.00. The number of nitrogens with one attached hydrogen (secondary N) is 3. The quantitative estimate of drug-likeness (QED) is 0.827. The van der Waals surface area contributed by atoms with Crippen molar-refractivity contribution in [3.63, 3.8) is 0 Å². The number of alkyl halides is 3. The van der Waals surface area contributed by atoms with Gasteiger partial charge in [-0.15, -0.1) is 0 Å². The second kappa shape index (κ2) is 7.22. The number of piperazine rings is 1. The number of hydrogen-bond donors (Lipinski definition) is 1. The van der Waals surface area contributed by atoms with Gasteiger partial charge in [0.25, 0.3) is 11.6 Å². The first-order valence-corrected chi connectivity index (χ1v) is 10.1. The summed E-state index contributed by atoms with van der Waals surface area (Å²) in [4.78, 5) is 9.84. The molecule has 0 unspecified atom stereocenters. The van der Waals surface area contributed by atoms with Crippen LogP contribution in [0.3, 0.4) is 0 Å². The molecular weight excluding hydrogens is 383 g/mol. The van der Waals surface area contributed by atoms with Crippen molar-refractivity contribution in [2.75, 3.05) is 47.0 Å². The molecule has 2 aromatic heterocycles. The SMILES string of the molecule is CS(=O)(=O)Nc1ccc(N2CCN(c3ccc(C(F)(F)F)c[nH+]3)CC2)[nH+]c1. The van der Waals surface area contributed by atoms with E-state index in [0.717, 1.165) is 24.3 Å². The maximum atomic E-state index is 12.6. The summed E-state index contributed by atoms with van der Waals surface area (Å²) >= 11 is 0. The van der Waals surface area contributed by atoms with E-state index < -0.39 is 21.8 Å². The number of hydrogen-bond acceptors (Lipinski definition) is 4. The number of pyridine rings is 2. The van der Waals surface area contributed by atoms with Gasteiger partial charge < -0.3 is 0 Å². The number of aromatic amines is 2. The summed E-state index contributed by atoms with van der Waals surface area (Å²) in [6.07, 6.45) is -0.727. The molecule has 1 aliphatic rings. The maximum Gasteiger partial charge on any atom is 0.419 e. The molecular formula is C16H20F3N5O2S+2. The lowest BCUT2D eigenvalue weighted by Crippen LogP contribution is -2.49. The third-order valence-electron chi connectivity index (χ3n) is 4.18. The predicted octanol–water partition coefficient (Wildman–Crippen LogP) is 1.03. The number of sulfonamides is 1. The number of anilines is 3. The van der Waals surface area contributed by atoms with Crippen molar-refractivity contribution in [1.82, 2.24) is 0 Å². The van der Waals surface area contributed by atoms with Crippen LogP contribution in [0, 0.1) is 0 Å². The van der Waals surface area contributed by atoms with Gasteiger partial charge in [-0.05, 0) is 12.1 Å². The van der Waals surface area contributed by atoms with E-state index in [9.17, 15) is 21.6 Å². The molecule has 0 aliphatic carbocycles. The Morgan fingerprint density at radius 3 is 1.81 bits per heavy atom. The highest BCUT2D eigenvalue weighted by Crippen LogP contribution is 2.28. The van der Waals surface area contributed by atoms with E-state index >= 15 is 0 Å². The molecule has 0 atom stereocenters. The van der Waals surface area contributed by atoms with E-state index in [1.807, 2.05) is 4.90 Å². The Bertz CT molecular complexity index is 878. The summed E-state index contributed by atoms with van der Waals surface area (Å²) in [5.74, 6) is 1.48. The minimum Gasteiger partial charge on any atom is -0.280 e. The molecule has 0 saturated carbocycles. The fourth-order valence-corrected chi connectivity index (χ4v) is 3.42. The average Bonchev–Trinajstić information content (AvgIpc) is 2.61. The number of aromatic nitrogens is 2. The smallest absolute Gasteiger partial charge is 0.280 e. The zero-order valence-corrected chi connectivity index (χ0v) is 15.4. The van der Waals surface area contributed by atoms with E-state index in [0.29, 0.717) is 37.7 Å². The maximum absolute atomic E-state index is 12.6. The van der Waals surface area contributed by atoms with Gasteiger partial charge >= 0.3 is 6.18 Å². The Balaban J connectivity index is 1.60. The van der Waals surface area contributed by atoms with Crippen molar-refractivity contribution in [1.29, 1.82) is 0 Å². The largest absolute Gasteiger partial charge is 0.419 e. The van der Waals surface area contributed by atoms with Crippen LogP contribution in [0.1, 0.15) is 5.56 Å². The van der Waals surface area contributed by atoms with Crippen LogP contribution < -0.4 is 24.5 Å². The Hall–Kier alpha value is -2.56. The monoisotopic (exact) mass is 403 g/mol. The highest BCUT2D eigenvalue weighted by atomic mass is 32.2. The highest BCUT2D eigenvalue weighted by Gasteiger charge is 2.33. The van der Waals surface area contributed by atoms with Crippen molar-refractivity contribution < 1.29 is 31.6 Å². The fourth-order valence-electron chi connectivity index (χ4n) is 2.87. The normalized spacial score (nSPS) is 15.7. The van der Waals surface area contributed by atoms with Crippen molar-refractivity contribution >= 4 is 27.3 Å². The molecule has 7 nitrogen and oxygen atoms in total. The number of rotatable bonds is 4. The Morgan fingerprint density at radius 1 is 0.926 bits per heavy atom. The standard InChI is InChI=1S/C16H18F3N5O2S/c1-27(25,26)22-13-3-5-15(21-11-13)24-8-6-23(7-9-24)14-4-2-12(10-20-14)16(17,18)19/h2-5,10-11,22H,6-9H2,1H3/p+2. The second-order valence-electron chi connectivity index (χ2n) is 6.27. The summed E-state index contributed by atoms with van der Waals surface area (Å²) in [5, 5.41) is 0. The van der Waals surface area contributed by atoms with Crippen molar-refractivity contribution in [2.24, 2.45) is 0 Å². The molecule has 1 fully saturated rings. The van der Waals surface area contributed by atoms with E-state index in [1.54, 1.807) is 18.3 Å². The van der Waals surface area contributed by atoms with Crippen LogP contribution in [0.2, 0.25) is 0 Å². The molecule has 3 rings (SSSR count).